The predicted octanol–water partition coefficient (Wildman–Crippen LogP) is 4.32. The molecule has 1 atom stereocenters. The normalized spacial score (nSPS) is 17.1. The third-order valence-electron chi connectivity index (χ3n) is 5.55. The van der Waals surface area contributed by atoms with Gasteiger partial charge in [-0.1, -0.05) is 24.6 Å². The second-order valence-corrected chi connectivity index (χ2v) is 9.68. The molecule has 166 valence electrons. The first-order chi connectivity index (χ1) is 15.4. The van der Waals surface area contributed by atoms with Gasteiger partial charge in [-0.25, -0.2) is 12.8 Å². The highest BCUT2D eigenvalue weighted by Gasteiger charge is 2.34. The zero-order valence-electron chi connectivity index (χ0n) is 17.4. The Morgan fingerprint density at radius 1 is 1.06 bits per heavy atom. The van der Waals surface area contributed by atoms with Crippen LogP contribution in [0, 0.1) is 5.82 Å². The average molecular weight is 454 g/mol. The SMILES string of the molecule is O=C(Cc1ccc(F)cc1)Nc1ccc(S(=O)(=O)N2CCCCC2c2cccnc2)cc1. The molecule has 1 amide bonds. The summed E-state index contributed by atoms with van der Waals surface area (Å²) in [6, 6.07) is 15.4. The molecule has 0 saturated carbocycles. The molecule has 0 spiro atoms. The molecule has 1 aromatic heterocycles. The second kappa shape index (κ2) is 9.58. The van der Waals surface area contributed by atoms with E-state index < -0.39 is 10.0 Å². The number of piperidine rings is 1. The number of nitrogens with zero attached hydrogens (tertiary/aromatic N) is 2. The molecule has 1 N–H and O–H groups in total. The van der Waals surface area contributed by atoms with E-state index in [1.165, 1.54) is 24.3 Å². The van der Waals surface area contributed by atoms with Gasteiger partial charge in [0.05, 0.1) is 17.4 Å². The van der Waals surface area contributed by atoms with Crippen LogP contribution < -0.4 is 5.32 Å². The first-order valence-corrected chi connectivity index (χ1v) is 11.9. The van der Waals surface area contributed by atoms with Crippen LogP contribution in [0.3, 0.4) is 0 Å². The molecule has 0 bridgehead atoms. The highest BCUT2D eigenvalue weighted by molar-refractivity contribution is 7.89. The number of carbonyl (C=O) groups is 1. The molecule has 2 aromatic carbocycles. The van der Waals surface area contributed by atoms with E-state index in [1.807, 2.05) is 12.1 Å². The summed E-state index contributed by atoms with van der Waals surface area (Å²) in [7, 11) is -3.70. The number of nitrogens with one attached hydrogen (secondary N) is 1. The Morgan fingerprint density at radius 3 is 2.50 bits per heavy atom. The van der Waals surface area contributed by atoms with Gasteiger partial charge in [0.2, 0.25) is 15.9 Å². The standard InChI is InChI=1S/C24H24FN3O3S/c25-20-8-6-18(7-9-20)16-24(29)27-21-10-12-22(13-11-21)32(30,31)28-15-2-1-5-23(28)19-4-3-14-26-17-19/h3-4,6-14,17,23H,1-2,5,15-16H2,(H,27,29). The van der Waals surface area contributed by atoms with Crippen LogP contribution >= 0.6 is 0 Å². The topological polar surface area (TPSA) is 79.4 Å². The zero-order valence-corrected chi connectivity index (χ0v) is 18.3. The summed E-state index contributed by atoms with van der Waals surface area (Å²) in [4.78, 5) is 16.6. The van der Waals surface area contributed by atoms with Crippen molar-refractivity contribution in [3.05, 3.63) is 90.0 Å². The van der Waals surface area contributed by atoms with Gasteiger partial charge in [0.1, 0.15) is 5.82 Å². The fraction of sp³-hybridized carbons (Fsp3) is 0.250. The van der Waals surface area contributed by atoms with Crippen molar-refractivity contribution in [3.63, 3.8) is 0 Å². The van der Waals surface area contributed by atoms with E-state index in [4.69, 9.17) is 0 Å². The highest BCUT2D eigenvalue weighted by Crippen LogP contribution is 2.35. The Kier molecular flexibility index (Phi) is 6.62. The number of hydrogen-bond donors (Lipinski definition) is 1. The maximum atomic E-state index is 13.4. The fourth-order valence-corrected chi connectivity index (χ4v) is 5.62. The molecule has 1 saturated heterocycles. The van der Waals surface area contributed by atoms with Gasteiger partial charge < -0.3 is 5.32 Å². The number of anilines is 1. The van der Waals surface area contributed by atoms with Crippen molar-refractivity contribution >= 4 is 21.6 Å². The highest BCUT2D eigenvalue weighted by atomic mass is 32.2. The molecule has 3 aromatic rings. The van der Waals surface area contributed by atoms with Crippen LogP contribution in [0.25, 0.3) is 0 Å². The third-order valence-corrected chi connectivity index (χ3v) is 7.47. The lowest BCUT2D eigenvalue weighted by Gasteiger charge is -2.34. The molecular formula is C24H24FN3O3S. The molecule has 6 nitrogen and oxygen atoms in total. The fourth-order valence-electron chi connectivity index (χ4n) is 3.94. The molecule has 1 aliphatic heterocycles. The average Bonchev–Trinajstić information content (AvgIpc) is 2.81. The second-order valence-electron chi connectivity index (χ2n) is 7.79. The first kappa shape index (κ1) is 22.1. The van der Waals surface area contributed by atoms with Crippen molar-refractivity contribution in [2.75, 3.05) is 11.9 Å². The monoisotopic (exact) mass is 453 g/mol. The van der Waals surface area contributed by atoms with Crippen LogP contribution in [0.5, 0.6) is 0 Å². The molecule has 32 heavy (non-hydrogen) atoms. The largest absolute Gasteiger partial charge is 0.326 e. The minimum atomic E-state index is -3.70. The lowest BCUT2D eigenvalue weighted by atomic mass is 9.99. The van der Waals surface area contributed by atoms with E-state index in [-0.39, 0.29) is 29.1 Å². The van der Waals surface area contributed by atoms with Gasteiger partial charge in [-0.15, -0.1) is 0 Å². The summed E-state index contributed by atoms with van der Waals surface area (Å²) in [5, 5.41) is 2.75. The molecule has 8 heteroatoms. The molecule has 0 radical (unpaired) electrons. The number of carbonyl (C=O) groups excluding carboxylic acids is 1. The zero-order chi connectivity index (χ0) is 22.6. The van der Waals surface area contributed by atoms with Crippen molar-refractivity contribution in [3.8, 4) is 0 Å². The van der Waals surface area contributed by atoms with E-state index in [9.17, 15) is 17.6 Å². The minimum absolute atomic E-state index is 0.0981. The summed E-state index contributed by atoms with van der Waals surface area (Å²) in [5.74, 6) is -0.620. The Bertz CT molecular complexity index is 1170. The Balaban J connectivity index is 1.47. The number of rotatable bonds is 6. The molecule has 1 unspecified atom stereocenters. The van der Waals surface area contributed by atoms with E-state index in [0.29, 0.717) is 17.8 Å². The van der Waals surface area contributed by atoms with Gasteiger partial charge in [0, 0.05) is 24.6 Å². The lowest BCUT2D eigenvalue weighted by Crippen LogP contribution is -2.38. The summed E-state index contributed by atoms with van der Waals surface area (Å²) >= 11 is 0. The summed E-state index contributed by atoms with van der Waals surface area (Å²) in [6.45, 7) is 0.456. The van der Waals surface area contributed by atoms with Crippen molar-refractivity contribution in [1.82, 2.24) is 9.29 Å². The Morgan fingerprint density at radius 2 is 1.81 bits per heavy atom. The maximum Gasteiger partial charge on any atom is 0.243 e. The summed E-state index contributed by atoms with van der Waals surface area (Å²) < 4.78 is 41.3. The number of aromatic nitrogens is 1. The Hall–Kier alpha value is -3.10. The lowest BCUT2D eigenvalue weighted by molar-refractivity contribution is -0.115. The number of hydrogen-bond acceptors (Lipinski definition) is 4. The van der Waals surface area contributed by atoms with Crippen molar-refractivity contribution in [2.24, 2.45) is 0 Å². The van der Waals surface area contributed by atoms with Crippen LogP contribution in [0.4, 0.5) is 10.1 Å². The molecule has 4 rings (SSSR count). The van der Waals surface area contributed by atoms with Crippen LogP contribution in [-0.4, -0.2) is 30.2 Å². The van der Waals surface area contributed by atoms with Gasteiger partial charge in [0.25, 0.3) is 0 Å². The van der Waals surface area contributed by atoms with Gasteiger partial charge in [-0.3, -0.25) is 9.78 Å². The molecule has 2 heterocycles. The van der Waals surface area contributed by atoms with Crippen molar-refractivity contribution in [1.29, 1.82) is 0 Å². The molecule has 1 aliphatic rings. The van der Waals surface area contributed by atoms with E-state index in [2.05, 4.69) is 10.3 Å². The van der Waals surface area contributed by atoms with Crippen LogP contribution in [0.2, 0.25) is 0 Å². The van der Waals surface area contributed by atoms with Crippen LogP contribution in [-0.2, 0) is 21.2 Å². The van der Waals surface area contributed by atoms with Crippen molar-refractivity contribution in [2.45, 2.75) is 36.6 Å². The summed E-state index contributed by atoms with van der Waals surface area (Å²) in [6.07, 6.45) is 6.02. The third kappa shape index (κ3) is 5.03. The van der Waals surface area contributed by atoms with E-state index in [1.54, 1.807) is 41.0 Å². The predicted molar refractivity (Wildman–Crippen MR) is 120 cm³/mol. The number of pyridine rings is 1. The molecular weight excluding hydrogens is 429 g/mol. The van der Waals surface area contributed by atoms with Gasteiger partial charge >= 0.3 is 0 Å². The molecule has 0 aliphatic carbocycles. The van der Waals surface area contributed by atoms with Gasteiger partial charge in [-0.2, -0.15) is 4.31 Å². The smallest absolute Gasteiger partial charge is 0.243 e. The maximum absolute atomic E-state index is 13.4. The van der Waals surface area contributed by atoms with E-state index >= 15 is 0 Å². The first-order valence-electron chi connectivity index (χ1n) is 10.5. The number of benzene rings is 2. The van der Waals surface area contributed by atoms with Gasteiger partial charge in [-0.05, 0) is 66.4 Å². The number of halogens is 1. The van der Waals surface area contributed by atoms with Crippen LogP contribution in [0.15, 0.2) is 78.0 Å². The summed E-state index contributed by atoms with van der Waals surface area (Å²) in [5.41, 5.74) is 2.08. The number of sulfonamides is 1. The van der Waals surface area contributed by atoms with Gasteiger partial charge in [0.15, 0.2) is 0 Å². The molecule has 1 fully saturated rings. The van der Waals surface area contributed by atoms with Crippen molar-refractivity contribution < 1.29 is 17.6 Å². The minimum Gasteiger partial charge on any atom is -0.326 e. The number of amides is 1. The van der Waals surface area contributed by atoms with Crippen LogP contribution in [0.1, 0.15) is 36.4 Å². The van der Waals surface area contributed by atoms with E-state index in [0.717, 1.165) is 24.8 Å². The Labute approximate surface area is 187 Å². The quantitative estimate of drug-likeness (QED) is 0.603.